The largest absolute Gasteiger partial charge is 0.278 e. The van der Waals surface area contributed by atoms with E-state index in [2.05, 4.69) is 77.4 Å². The Morgan fingerprint density at radius 2 is 0.935 bits per heavy atom. The van der Waals surface area contributed by atoms with Crippen LogP contribution in [0.2, 0.25) is 0 Å². The van der Waals surface area contributed by atoms with Crippen LogP contribution in [0.4, 0.5) is 0 Å². The third-order valence-corrected chi connectivity index (χ3v) is 8.73. The van der Waals surface area contributed by atoms with Gasteiger partial charge in [0, 0.05) is 56.5 Å². The summed E-state index contributed by atoms with van der Waals surface area (Å²) in [5.41, 5.74) is 5.32. The maximum atomic E-state index is 5.24. The second-order valence-corrected chi connectivity index (χ2v) is 11.3. The monoisotopic (exact) mass is 590 g/mol. The maximum Gasteiger partial charge on any atom is 0.242 e. The predicted molar refractivity (Wildman–Crippen MR) is 182 cm³/mol. The van der Waals surface area contributed by atoms with Crippen molar-refractivity contribution in [1.29, 1.82) is 0 Å². The summed E-state index contributed by atoms with van der Waals surface area (Å²) in [4.78, 5) is 29.9. The fourth-order valence-corrected chi connectivity index (χ4v) is 6.77. The van der Waals surface area contributed by atoms with E-state index in [0.29, 0.717) is 17.7 Å². The van der Waals surface area contributed by atoms with Crippen LogP contribution < -0.4 is 0 Å². The lowest BCUT2D eigenvalue weighted by Crippen LogP contribution is -2.11. The molecule has 0 amide bonds. The number of hydrogen-bond donors (Lipinski definition) is 0. The zero-order valence-corrected chi connectivity index (χ0v) is 24.3. The number of fused-ring (bicyclic) bond motifs is 9. The molecule has 0 spiro atoms. The number of para-hydroxylation sites is 2. The van der Waals surface area contributed by atoms with Crippen molar-refractivity contribution in [3.05, 3.63) is 134 Å². The van der Waals surface area contributed by atoms with Crippen molar-refractivity contribution in [1.82, 2.24) is 39.0 Å². The van der Waals surface area contributed by atoms with Crippen molar-refractivity contribution in [3.63, 3.8) is 0 Å². The summed E-state index contributed by atoms with van der Waals surface area (Å²) in [5.74, 6) is 1.50. The number of pyridine rings is 3. The van der Waals surface area contributed by atoms with Crippen LogP contribution in [0.1, 0.15) is 0 Å². The minimum atomic E-state index is 0.439. The molecular formula is C38H22N8. The Kier molecular flexibility index (Phi) is 5.12. The first-order chi connectivity index (χ1) is 22.8. The average Bonchev–Trinajstić information content (AvgIpc) is 3.64. The van der Waals surface area contributed by atoms with Gasteiger partial charge in [0.25, 0.3) is 0 Å². The van der Waals surface area contributed by atoms with E-state index in [9.17, 15) is 0 Å². The lowest BCUT2D eigenvalue weighted by Gasteiger charge is -2.14. The van der Waals surface area contributed by atoms with Crippen LogP contribution in [-0.4, -0.2) is 39.0 Å². The van der Waals surface area contributed by atoms with E-state index in [0.717, 1.165) is 71.1 Å². The van der Waals surface area contributed by atoms with E-state index >= 15 is 0 Å². The fourth-order valence-electron chi connectivity index (χ4n) is 6.77. The SMILES string of the molecule is c1cnc2c(c1)cc(-c1nc(-n3c4ccccc4c4ccccc43)nc(-n3c4ncccc4c4cccnc43)n1)c1ccccc12. The molecule has 214 valence electrons. The van der Waals surface area contributed by atoms with Crippen LogP contribution >= 0.6 is 0 Å². The summed E-state index contributed by atoms with van der Waals surface area (Å²) < 4.78 is 4.07. The third kappa shape index (κ3) is 3.49. The van der Waals surface area contributed by atoms with Crippen molar-refractivity contribution < 1.29 is 0 Å². The number of hydrogen-bond acceptors (Lipinski definition) is 6. The third-order valence-electron chi connectivity index (χ3n) is 8.73. The molecule has 6 heterocycles. The summed E-state index contributed by atoms with van der Waals surface area (Å²) in [6, 6.07) is 39.2. The lowest BCUT2D eigenvalue weighted by atomic mass is 10.00. The molecule has 8 heteroatoms. The highest BCUT2D eigenvalue weighted by Gasteiger charge is 2.22. The molecule has 4 aromatic carbocycles. The molecule has 10 aromatic rings. The quantitative estimate of drug-likeness (QED) is 0.193. The van der Waals surface area contributed by atoms with Gasteiger partial charge in [0.1, 0.15) is 11.3 Å². The molecule has 8 nitrogen and oxygen atoms in total. The molecule has 6 aromatic heterocycles. The predicted octanol–water partition coefficient (Wildman–Crippen LogP) is 8.22. The number of nitrogens with zero attached hydrogens (tertiary/aromatic N) is 8. The standard InChI is InChI=1S/C38H22N8/c1-2-14-27-24(11-1)30(22-23-10-7-19-39-33(23)27)34-42-37(45-31-17-5-3-12-25(31)26-13-4-6-18-32(26)45)44-38(43-34)46-35-28(15-8-20-40-35)29-16-9-21-41-36(29)46/h1-22H. The Bertz CT molecular complexity index is 2590. The molecule has 10 rings (SSSR count). The van der Waals surface area contributed by atoms with Gasteiger partial charge in [-0.3, -0.25) is 9.55 Å². The van der Waals surface area contributed by atoms with Gasteiger partial charge in [0.05, 0.1) is 16.6 Å². The van der Waals surface area contributed by atoms with Gasteiger partial charge >= 0.3 is 0 Å². The number of rotatable bonds is 3. The van der Waals surface area contributed by atoms with Gasteiger partial charge in [0.2, 0.25) is 11.9 Å². The van der Waals surface area contributed by atoms with Crippen LogP contribution in [0.25, 0.3) is 88.8 Å². The van der Waals surface area contributed by atoms with Gasteiger partial charge in [-0.2, -0.15) is 15.0 Å². The van der Waals surface area contributed by atoms with E-state index in [1.165, 1.54) is 0 Å². The van der Waals surface area contributed by atoms with Crippen molar-refractivity contribution in [2.75, 3.05) is 0 Å². The Morgan fingerprint density at radius 3 is 1.61 bits per heavy atom. The van der Waals surface area contributed by atoms with Crippen molar-refractivity contribution >= 4 is 65.5 Å². The zero-order valence-electron chi connectivity index (χ0n) is 24.3. The van der Waals surface area contributed by atoms with Crippen LogP contribution in [0.3, 0.4) is 0 Å². The molecule has 0 N–H and O–H groups in total. The van der Waals surface area contributed by atoms with E-state index in [1.54, 1.807) is 12.4 Å². The van der Waals surface area contributed by atoms with E-state index < -0.39 is 0 Å². The average molecular weight is 591 g/mol. The summed E-state index contributed by atoms with van der Waals surface area (Å²) in [6.45, 7) is 0. The fraction of sp³-hybridized carbons (Fsp3) is 0. The topological polar surface area (TPSA) is 87.2 Å². The van der Waals surface area contributed by atoms with Gasteiger partial charge in [0.15, 0.2) is 5.82 Å². The first kappa shape index (κ1) is 24.9. The summed E-state index contributed by atoms with van der Waals surface area (Å²) in [6.07, 6.45) is 5.41. The van der Waals surface area contributed by atoms with Crippen LogP contribution in [-0.2, 0) is 0 Å². The molecule has 0 unspecified atom stereocenters. The van der Waals surface area contributed by atoms with Gasteiger partial charge in [-0.15, -0.1) is 0 Å². The van der Waals surface area contributed by atoms with E-state index in [1.807, 2.05) is 53.2 Å². The van der Waals surface area contributed by atoms with E-state index in [-0.39, 0.29) is 0 Å². The van der Waals surface area contributed by atoms with Crippen molar-refractivity contribution in [3.8, 4) is 23.3 Å². The maximum absolute atomic E-state index is 5.24. The zero-order chi connectivity index (χ0) is 30.2. The molecule has 0 aliphatic heterocycles. The Morgan fingerprint density at radius 1 is 0.413 bits per heavy atom. The molecule has 0 saturated heterocycles. The van der Waals surface area contributed by atoms with Gasteiger partial charge < -0.3 is 0 Å². The molecule has 0 radical (unpaired) electrons. The molecular weight excluding hydrogens is 568 g/mol. The highest BCUT2D eigenvalue weighted by molar-refractivity contribution is 6.12. The van der Waals surface area contributed by atoms with Gasteiger partial charge in [-0.25, -0.2) is 14.5 Å². The number of aromatic nitrogens is 8. The molecule has 0 aliphatic rings. The first-order valence-electron chi connectivity index (χ1n) is 15.1. The van der Waals surface area contributed by atoms with Crippen LogP contribution in [0.5, 0.6) is 0 Å². The van der Waals surface area contributed by atoms with Crippen LogP contribution in [0, 0.1) is 0 Å². The summed E-state index contributed by atoms with van der Waals surface area (Å²) in [5, 5.41) is 7.28. The Hall–Kier alpha value is -6.54. The minimum Gasteiger partial charge on any atom is -0.278 e. The summed E-state index contributed by atoms with van der Waals surface area (Å²) >= 11 is 0. The van der Waals surface area contributed by atoms with Crippen LogP contribution in [0.15, 0.2) is 134 Å². The minimum absolute atomic E-state index is 0.439. The first-order valence-corrected chi connectivity index (χ1v) is 15.1. The lowest BCUT2D eigenvalue weighted by molar-refractivity contribution is 0.884. The van der Waals surface area contributed by atoms with E-state index in [4.69, 9.17) is 29.9 Å². The Labute approximate surface area is 261 Å². The summed E-state index contributed by atoms with van der Waals surface area (Å²) in [7, 11) is 0. The van der Waals surface area contributed by atoms with Gasteiger partial charge in [-0.05, 0) is 53.9 Å². The highest BCUT2D eigenvalue weighted by atomic mass is 15.3. The second-order valence-electron chi connectivity index (χ2n) is 11.3. The van der Waals surface area contributed by atoms with Gasteiger partial charge in [-0.1, -0.05) is 66.7 Å². The molecule has 0 bridgehead atoms. The normalized spacial score (nSPS) is 11.9. The second kappa shape index (κ2) is 9.48. The Balaban J connectivity index is 1.37. The molecule has 0 atom stereocenters. The molecule has 0 fully saturated rings. The molecule has 46 heavy (non-hydrogen) atoms. The highest BCUT2D eigenvalue weighted by Crippen LogP contribution is 2.36. The van der Waals surface area contributed by atoms with Crippen molar-refractivity contribution in [2.24, 2.45) is 0 Å². The molecule has 0 saturated carbocycles. The number of benzene rings is 4. The smallest absolute Gasteiger partial charge is 0.242 e. The van der Waals surface area contributed by atoms with Crippen molar-refractivity contribution in [2.45, 2.75) is 0 Å². The molecule has 0 aliphatic carbocycles.